The summed E-state index contributed by atoms with van der Waals surface area (Å²) in [4.78, 5) is 15.1. The van der Waals surface area contributed by atoms with E-state index in [9.17, 15) is 4.79 Å². The number of oxime groups is 1. The topological polar surface area (TPSA) is 83.1 Å². The van der Waals surface area contributed by atoms with Gasteiger partial charge in [0.05, 0.1) is 19.9 Å². The molecule has 0 aliphatic rings. The number of amides is 1. The number of nitrogens with zero attached hydrogens (tertiary/aromatic N) is 1. The van der Waals surface area contributed by atoms with Gasteiger partial charge in [0.25, 0.3) is 5.91 Å². The van der Waals surface area contributed by atoms with Crippen LogP contribution in [0.5, 0.6) is 11.5 Å². The van der Waals surface area contributed by atoms with Gasteiger partial charge in [-0.25, -0.2) is 0 Å². The normalized spacial score (nSPS) is 10.3. The quantitative estimate of drug-likeness (QED) is 0.578. The Hall–Kier alpha value is -2.24. The lowest BCUT2D eigenvalue weighted by Gasteiger charge is -2.09. The molecule has 6 heteroatoms. The lowest BCUT2D eigenvalue weighted by Crippen LogP contribution is -2.16. The molecular formula is C12H16N2O4. The zero-order chi connectivity index (χ0) is 13.4. The molecule has 0 unspecified atom stereocenters. The van der Waals surface area contributed by atoms with Gasteiger partial charge in [0, 0.05) is 5.56 Å². The number of carbonyl (C=O) groups is 1. The van der Waals surface area contributed by atoms with Crippen molar-refractivity contribution in [1.82, 2.24) is 0 Å². The molecule has 0 saturated heterocycles. The molecule has 2 N–H and O–H groups in total. The second-order valence-electron chi connectivity index (χ2n) is 3.32. The maximum atomic E-state index is 10.4. The highest BCUT2D eigenvalue weighted by Crippen LogP contribution is 2.27. The summed E-state index contributed by atoms with van der Waals surface area (Å²) in [7, 11) is 1.56. The highest BCUT2D eigenvalue weighted by molar-refractivity contribution is 5.80. The number of nitrogens with two attached hydrogens (primary N) is 1. The molecule has 0 spiro atoms. The van der Waals surface area contributed by atoms with Crippen molar-refractivity contribution in [2.45, 2.75) is 6.92 Å². The summed E-state index contributed by atoms with van der Waals surface area (Å²) in [5, 5.41) is 3.61. The third-order valence-corrected chi connectivity index (χ3v) is 1.97. The third kappa shape index (κ3) is 4.32. The van der Waals surface area contributed by atoms with E-state index in [2.05, 4.69) is 9.99 Å². The monoisotopic (exact) mass is 252 g/mol. The van der Waals surface area contributed by atoms with E-state index in [1.54, 1.807) is 25.3 Å². The average Bonchev–Trinajstić information content (AvgIpc) is 2.36. The van der Waals surface area contributed by atoms with Crippen molar-refractivity contribution in [3.05, 3.63) is 23.8 Å². The van der Waals surface area contributed by atoms with Crippen molar-refractivity contribution in [3.63, 3.8) is 0 Å². The Bertz CT molecular complexity index is 432. The second-order valence-corrected chi connectivity index (χ2v) is 3.32. The Balaban J connectivity index is 2.69. The molecule has 1 rings (SSSR count). The van der Waals surface area contributed by atoms with E-state index in [4.69, 9.17) is 15.2 Å². The van der Waals surface area contributed by atoms with Gasteiger partial charge in [-0.3, -0.25) is 4.79 Å². The lowest BCUT2D eigenvalue weighted by atomic mass is 10.2. The van der Waals surface area contributed by atoms with Crippen molar-refractivity contribution < 1.29 is 19.1 Å². The van der Waals surface area contributed by atoms with Crippen LogP contribution in [0.15, 0.2) is 23.4 Å². The van der Waals surface area contributed by atoms with E-state index in [0.717, 1.165) is 5.56 Å². The van der Waals surface area contributed by atoms with Crippen LogP contribution >= 0.6 is 0 Å². The summed E-state index contributed by atoms with van der Waals surface area (Å²) in [6, 6.07) is 5.32. The molecule has 0 heterocycles. The molecule has 0 atom stereocenters. The van der Waals surface area contributed by atoms with Gasteiger partial charge in [-0.2, -0.15) is 0 Å². The zero-order valence-corrected chi connectivity index (χ0v) is 10.4. The molecule has 1 amide bonds. The number of hydrogen-bond acceptors (Lipinski definition) is 5. The standard InChI is InChI=1S/C12H16N2O4/c1-3-17-10-5-4-9(6-11(10)16-2)7-14-18-8-12(13)15/h4-7H,3,8H2,1-2H3,(H2,13,15)/b14-7-. The van der Waals surface area contributed by atoms with Gasteiger partial charge in [0.1, 0.15) is 0 Å². The van der Waals surface area contributed by atoms with Crippen molar-refractivity contribution >= 4 is 12.1 Å². The van der Waals surface area contributed by atoms with Gasteiger partial charge in [-0.05, 0) is 25.1 Å². The van der Waals surface area contributed by atoms with Crippen molar-refractivity contribution in [2.75, 3.05) is 20.3 Å². The fourth-order valence-corrected chi connectivity index (χ4v) is 1.24. The molecule has 0 aliphatic carbocycles. The van der Waals surface area contributed by atoms with Crippen LogP contribution in [-0.4, -0.2) is 32.4 Å². The molecule has 0 aromatic heterocycles. The number of benzene rings is 1. The van der Waals surface area contributed by atoms with Gasteiger partial charge in [-0.1, -0.05) is 5.16 Å². The minimum Gasteiger partial charge on any atom is -0.493 e. The van der Waals surface area contributed by atoms with Crippen molar-refractivity contribution in [1.29, 1.82) is 0 Å². The molecule has 0 radical (unpaired) electrons. The molecule has 1 aromatic rings. The Morgan fingerprint density at radius 3 is 2.83 bits per heavy atom. The summed E-state index contributed by atoms with van der Waals surface area (Å²) in [6.45, 7) is 2.21. The molecular weight excluding hydrogens is 236 g/mol. The SMILES string of the molecule is CCOc1ccc(/C=N\OCC(N)=O)cc1OC. The average molecular weight is 252 g/mol. The number of carbonyl (C=O) groups excluding carboxylic acids is 1. The summed E-state index contributed by atoms with van der Waals surface area (Å²) in [5.74, 6) is 0.697. The number of primary amides is 1. The predicted molar refractivity (Wildman–Crippen MR) is 66.9 cm³/mol. The summed E-state index contributed by atoms with van der Waals surface area (Å²) >= 11 is 0. The highest BCUT2D eigenvalue weighted by Gasteiger charge is 2.04. The molecule has 0 fully saturated rings. The summed E-state index contributed by atoms with van der Waals surface area (Å²) in [6.07, 6.45) is 1.46. The van der Waals surface area contributed by atoms with Crippen molar-refractivity contribution in [2.24, 2.45) is 10.9 Å². The first-order chi connectivity index (χ1) is 8.67. The Labute approximate surface area is 105 Å². The lowest BCUT2D eigenvalue weighted by molar-refractivity contribution is -0.122. The Morgan fingerprint density at radius 2 is 2.22 bits per heavy atom. The fourth-order valence-electron chi connectivity index (χ4n) is 1.24. The first-order valence-corrected chi connectivity index (χ1v) is 5.41. The van der Waals surface area contributed by atoms with E-state index < -0.39 is 5.91 Å². The van der Waals surface area contributed by atoms with Crippen LogP contribution in [0.4, 0.5) is 0 Å². The van der Waals surface area contributed by atoms with Gasteiger partial charge >= 0.3 is 0 Å². The molecule has 0 saturated carbocycles. The number of hydrogen-bond donors (Lipinski definition) is 1. The van der Waals surface area contributed by atoms with Crippen LogP contribution in [0.2, 0.25) is 0 Å². The van der Waals surface area contributed by atoms with Gasteiger partial charge in [0.15, 0.2) is 18.1 Å². The number of ether oxygens (including phenoxy) is 2. The molecule has 18 heavy (non-hydrogen) atoms. The first kappa shape index (κ1) is 13.8. The number of methoxy groups -OCH3 is 1. The zero-order valence-electron chi connectivity index (χ0n) is 10.4. The minimum atomic E-state index is -0.573. The first-order valence-electron chi connectivity index (χ1n) is 5.41. The molecule has 98 valence electrons. The van der Waals surface area contributed by atoms with E-state index in [-0.39, 0.29) is 6.61 Å². The van der Waals surface area contributed by atoms with Crippen LogP contribution in [-0.2, 0) is 9.63 Å². The maximum Gasteiger partial charge on any atom is 0.258 e. The van der Waals surface area contributed by atoms with Gasteiger partial charge < -0.3 is 20.0 Å². The minimum absolute atomic E-state index is 0.245. The van der Waals surface area contributed by atoms with E-state index >= 15 is 0 Å². The van der Waals surface area contributed by atoms with Crippen LogP contribution in [0, 0.1) is 0 Å². The molecule has 0 bridgehead atoms. The maximum absolute atomic E-state index is 10.4. The Morgan fingerprint density at radius 1 is 1.44 bits per heavy atom. The van der Waals surface area contributed by atoms with Crippen LogP contribution in [0.3, 0.4) is 0 Å². The van der Waals surface area contributed by atoms with E-state index in [1.165, 1.54) is 6.21 Å². The summed E-state index contributed by atoms with van der Waals surface area (Å²) < 4.78 is 10.6. The van der Waals surface area contributed by atoms with Gasteiger partial charge in [0.2, 0.25) is 0 Å². The van der Waals surface area contributed by atoms with E-state index in [1.807, 2.05) is 6.92 Å². The number of rotatable bonds is 7. The largest absolute Gasteiger partial charge is 0.493 e. The van der Waals surface area contributed by atoms with E-state index in [0.29, 0.717) is 18.1 Å². The van der Waals surface area contributed by atoms with Crippen LogP contribution in [0.1, 0.15) is 12.5 Å². The molecule has 6 nitrogen and oxygen atoms in total. The summed E-state index contributed by atoms with van der Waals surface area (Å²) in [5.41, 5.74) is 5.66. The smallest absolute Gasteiger partial charge is 0.258 e. The van der Waals surface area contributed by atoms with Crippen LogP contribution < -0.4 is 15.2 Å². The fraction of sp³-hybridized carbons (Fsp3) is 0.333. The third-order valence-electron chi connectivity index (χ3n) is 1.97. The van der Waals surface area contributed by atoms with Gasteiger partial charge in [-0.15, -0.1) is 0 Å². The Kier molecular flexibility index (Phi) is 5.50. The predicted octanol–water partition coefficient (Wildman–Crippen LogP) is 0.930. The highest BCUT2D eigenvalue weighted by atomic mass is 16.6. The molecule has 0 aliphatic heterocycles. The molecule has 1 aromatic carbocycles. The van der Waals surface area contributed by atoms with Crippen molar-refractivity contribution in [3.8, 4) is 11.5 Å². The van der Waals surface area contributed by atoms with Crippen LogP contribution in [0.25, 0.3) is 0 Å². The second kappa shape index (κ2) is 7.16.